The normalized spacial score (nSPS) is 28.9. The third-order valence-electron chi connectivity index (χ3n) is 16.3. The molecule has 0 N–H and O–H groups in total. The first kappa shape index (κ1) is 33.1. The lowest BCUT2D eigenvalue weighted by molar-refractivity contribution is -0.235. The lowest BCUT2D eigenvalue weighted by Crippen LogP contribution is -2.74. The van der Waals surface area contributed by atoms with Gasteiger partial charge in [0.25, 0.3) is 0 Å². The van der Waals surface area contributed by atoms with E-state index in [1.54, 1.807) is 0 Å². The third kappa shape index (κ3) is 4.23. The Hall–Kier alpha value is -5.08. The van der Waals surface area contributed by atoms with Crippen molar-refractivity contribution >= 4 is 17.1 Å². The highest BCUT2D eigenvalue weighted by molar-refractivity contribution is 5.83. The molecule has 5 aliphatic carbocycles. The molecule has 6 aromatic carbocycles. The van der Waals surface area contributed by atoms with E-state index in [0.29, 0.717) is 17.3 Å². The number of rotatable bonds is 5. The van der Waals surface area contributed by atoms with Crippen LogP contribution in [0.15, 0.2) is 140 Å². The molecule has 1 heterocycles. The fraction of sp³-hybridized carbons (Fsp3) is 0.333. The zero-order valence-corrected chi connectivity index (χ0v) is 33.2. The van der Waals surface area contributed by atoms with Crippen molar-refractivity contribution in [2.24, 2.45) is 29.1 Å². The maximum Gasteiger partial charge on any atom is 0.139 e. The molecular weight excluding hydrogens is 679 g/mol. The van der Waals surface area contributed by atoms with E-state index in [1.165, 1.54) is 88.7 Å². The van der Waals surface area contributed by atoms with Crippen LogP contribution in [0.25, 0.3) is 22.3 Å². The van der Waals surface area contributed by atoms with Gasteiger partial charge in [-0.2, -0.15) is 0 Å². The Bertz CT molecular complexity index is 2550. The molecule has 2 spiro atoms. The van der Waals surface area contributed by atoms with Gasteiger partial charge < -0.3 is 9.64 Å². The molecule has 4 fully saturated rings. The van der Waals surface area contributed by atoms with Gasteiger partial charge in [-0.25, -0.2) is 0 Å². The second-order valence-electron chi connectivity index (χ2n) is 19.6. The monoisotopic (exact) mass is 729 g/mol. The second kappa shape index (κ2) is 11.3. The Morgan fingerprint density at radius 1 is 0.518 bits per heavy atom. The molecule has 6 aromatic rings. The Labute approximate surface area is 332 Å². The van der Waals surface area contributed by atoms with Crippen molar-refractivity contribution in [1.29, 1.82) is 0 Å². The van der Waals surface area contributed by atoms with Gasteiger partial charge in [-0.15, -0.1) is 0 Å². The smallest absolute Gasteiger partial charge is 0.139 e. The molecular formula is C54H51NO. The summed E-state index contributed by atoms with van der Waals surface area (Å²) in [5.41, 5.74) is 15.1. The van der Waals surface area contributed by atoms with Crippen LogP contribution in [0.1, 0.15) is 88.5 Å². The first-order chi connectivity index (χ1) is 27.2. The number of benzene rings is 6. The van der Waals surface area contributed by atoms with E-state index in [0.717, 1.165) is 34.7 Å². The van der Waals surface area contributed by atoms with Crippen LogP contribution < -0.4 is 9.64 Å². The molecule has 4 saturated carbocycles. The van der Waals surface area contributed by atoms with E-state index in [4.69, 9.17) is 4.74 Å². The van der Waals surface area contributed by atoms with Gasteiger partial charge in [0.2, 0.25) is 0 Å². The van der Waals surface area contributed by atoms with Crippen molar-refractivity contribution in [2.45, 2.75) is 82.5 Å². The first-order valence-corrected chi connectivity index (χ1v) is 21.3. The number of nitrogens with zero attached hydrogens (tertiary/aromatic N) is 1. The fourth-order valence-electron chi connectivity index (χ4n) is 13.7. The zero-order chi connectivity index (χ0) is 37.6. The standard InChI is InChI=1S/C54H51NO/c1-51(2)26-27-52(3,4)46-31-40(22-24-43(46)51)55(39-20-18-36(19-21-39)35-12-7-5-8-13-35)41-23-25-44-47(32-41)56-50-42(37-14-9-6-10-15-37)16-11-17-45(50)54(44)48-29-34-28-38-30-49(54)53(38,48)33-34/h5-25,31-32,34,38,48-49H,26-30,33H2,1-4H3. The molecule has 0 radical (unpaired) electrons. The molecule has 2 nitrogen and oxygen atoms in total. The average Bonchev–Trinajstić information content (AvgIpc) is 3.76. The first-order valence-electron chi connectivity index (χ1n) is 21.3. The quantitative estimate of drug-likeness (QED) is 0.175. The summed E-state index contributed by atoms with van der Waals surface area (Å²) in [5.74, 6) is 5.35. The summed E-state index contributed by atoms with van der Waals surface area (Å²) in [6, 6.07) is 52.5. The van der Waals surface area contributed by atoms with Crippen LogP contribution in [-0.4, -0.2) is 0 Å². The van der Waals surface area contributed by atoms with E-state index in [9.17, 15) is 0 Å². The SMILES string of the molecule is CC1(C)CCC(C)(C)c2cc(N(c3ccc(-c4ccccc4)cc3)c3ccc4c(c3)Oc3c(-c5ccccc5)cccc3C43C4CC5CC6CC3C64C5)ccc21. The molecule has 6 unspecified atom stereocenters. The van der Waals surface area contributed by atoms with Crippen LogP contribution in [0, 0.1) is 29.1 Å². The minimum Gasteiger partial charge on any atom is -0.456 e. The van der Waals surface area contributed by atoms with Gasteiger partial charge in [0.1, 0.15) is 11.5 Å². The Morgan fingerprint density at radius 2 is 1.14 bits per heavy atom. The Morgan fingerprint density at radius 3 is 1.88 bits per heavy atom. The number of ether oxygens (including phenoxy) is 1. The van der Waals surface area contributed by atoms with Crippen molar-refractivity contribution in [3.63, 3.8) is 0 Å². The average molecular weight is 730 g/mol. The molecule has 12 rings (SSSR count). The van der Waals surface area contributed by atoms with Crippen molar-refractivity contribution in [1.82, 2.24) is 0 Å². The second-order valence-corrected chi connectivity index (χ2v) is 19.6. The van der Waals surface area contributed by atoms with Crippen molar-refractivity contribution in [2.75, 3.05) is 4.90 Å². The van der Waals surface area contributed by atoms with Gasteiger partial charge in [0.15, 0.2) is 0 Å². The maximum atomic E-state index is 7.35. The molecule has 6 atom stereocenters. The summed E-state index contributed by atoms with van der Waals surface area (Å²) < 4.78 is 7.35. The van der Waals surface area contributed by atoms with E-state index in [-0.39, 0.29) is 16.2 Å². The lowest BCUT2D eigenvalue weighted by atomic mass is 9.26. The Balaban J connectivity index is 1.05. The molecule has 0 aromatic heterocycles. The highest BCUT2D eigenvalue weighted by Gasteiger charge is 2.84. The summed E-state index contributed by atoms with van der Waals surface area (Å²) in [5, 5.41) is 0. The maximum absolute atomic E-state index is 7.35. The van der Waals surface area contributed by atoms with Gasteiger partial charge >= 0.3 is 0 Å². The number of para-hydroxylation sites is 1. The number of hydrogen-bond acceptors (Lipinski definition) is 2. The molecule has 2 heteroatoms. The highest BCUT2D eigenvalue weighted by atomic mass is 16.5. The van der Waals surface area contributed by atoms with Crippen LogP contribution >= 0.6 is 0 Å². The van der Waals surface area contributed by atoms with Gasteiger partial charge in [-0.1, -0.05) is 131 Å². The summed E-state index contributed by atoms with van der Waals surface area (Å²) in [4.78, 5) is 2.49. The molecule has 56 heavy (non-hydrogen) atoms. The largest absolute Gasteiger partial charge is 0.456 e. The van der Waals surface area contributed by atoms with E-state index in [2.05, 4.69) is 172 Å². The van der Waals surface area contributed by atoms with Crippen LogP contribution in [0.3, 0.4) is 0 Å². The minimum absolute atomic E-state index is 0.0154. The van der Waals surface area contributed by atoms with Crippen LogP contribution in [0.4, 0.5) is 17.1 Å². The van der Waals surface area contributed by atoms with Crippen molar-refractivity contribution in [3.05, 3.63) is 162 Å². The predicted octanol–water partition coefficient (Wildman–Crippen LogP) is 14.3. The van der Waals surface area contributed by atoms with E-state index < -0.39 is 0 Å². The molecule has 0 saturated heterocycles. The predicted molar refractivity (Wildman–Crippen MR) is 229 cm³/mol. The zero-order valence-electron chi connectivity index (χ0n) is 33.2. The summed E-state index contributed by atoms with van der Waals surface area (Å²) in [6.07, 6.45) is 8.04. The number of anilines is 3. The number of fused-ring (bicyclic) bond motifs is 8. The van der Waals surface area contributed by atoms with Crippen LogP contribution in [0.5, 0.6) is 11.5 Å². The lowest BCUT2D eigenvalue weighted by Gasteiger charge is -2.77. The van der Waals surface area contributed by atoms with Crippen LogP contribution in [0.2, 0.25) is 0 Å². The summed E-state index contributed by atoms with van der Waals surface area (Å²) >= 11 is 0. The highest BCUT2D eigenvalue weighted by Crippen LogP contribution is 2.89. The Kier molecular flexibility index (Phi) is 6.67. The van der Waals surface area contributed by atoms with E-state index >= 15 is 0 Å². The molecule has 278 valence electrons. The molecule has 0 amide bonds. The van der Waals surface area contributed by atoms with E-state index in [1.807, 2.05) is 0 Å². The molecule has 6 aliphatic rings. The van der Waals surface area contributed by atoms with Crippen LogP contribution in [-0.2, 0) is 16.2 Å². The fourth-order valence-corrected chi connectivity index (χ4v) is 13.7. The third-order valence-corrected chi connectivity index (χ3v) is 16.3. The van der Waals surface area contributed by atoms with Gasteiger partial charge in [0, 0.05) is 45.2 Å². The summed E-state index contributed by atoms with van der Waals surface area (Å²) in [6.45, 7) is 9.71. The van der Waals surface area contributed by atoms with Crippen molar-refractivity contribution in [3.8, 4) is 33.8 Å². The molecule has 1 aliphatic heterocycles. The van der Waals surface area contributed by atoms with Gasteiger partial charge in [0.05, 0.1) is 0 Å². The van der Waals surface area contributed by atoms with Crippen molar-refractivity contribution < 1.29 is 4.74 Å². The molecule has 2 bridgehead atoms. The topological polar surface area (TPSA) is 12.5 Å². The minimum atomic E-state index is 0.0154. The van der Waals surface area contributed by atoms with Gasteiger partial charge in [-0.3, -0.25) is 0 Å². The van der Waals surface area contributed by atoms with Gasteiger partial charge in [-0.05, 0) is 137 Å². The number of hydrogen-bond donors (Lipinski definition) is 0. The summed E-state index contributed by atoms with van der Waals surface area (Å²) in [7, 11) is 0.